The van der Waals surface area contributed by atoms with Crippen molar-refractivity contribution in [2.75, 3.05) is 13.1 Å². The van der Waals surface area contributed by atoms with E-state index < -0.39 is 0 Å². The zero-order chi connectivity index (χ0) is 13.2. The summed E-state index contributed by atoms with van der Waals surface area (Å²) >= 11 is 3.50. The van der Waals surface area contributed by atoms with Crippen molar-refractivity contribution in [3.05, 3.63) is 34.3 Å². The molecule has 1 fully saturated rings. The maximum atomic E-state index is 10.3. The van der Waals surface area contributed by atoms with E-state index in [4.69, 9.17) is 0 Å². The first kappa shape index (κ1) is 14.0. The minimum absolute atomic E-state index is 0.299. The summed E-state index contributed by atoms with van der Waals surface area (Å²) in [7, 11) is 0. The molecule has 1 unspecified atom stereocenters. The molecule has 3 heteroatoms. The van der Waals surface area contributed by atoms with Gasteiger partial charge in [-0.05, 0) is 51.3 Å². The molecule has 1 aromatic rings. The fraction of sp³-hybridized carbons (Fsp3) is 0.600. The third-order valence-corrected chi connectivity index (χ3v) is 4.73. The minimum atomic E-state index is -0.378. The molecule has 1 N–H and O–H groups in total. The van der Waals surface area contributed by atoms with Crippen molar-refractivity contribution < 1.29 is 5.11 Å². The van der Waals surface area contributed by atoms with E-state index in [9.17, 15) is 5.11 Å². The Labute approximate surface area is 118 Å². The fourth-order valence-electron chi connectivity index (χ4n) is 2.76. The molecule has 18 heavy (non-hydrogen) atoms. The van der Waals surface area contributed by atoms with Gasteiger partial charge in [-0.3, -0.25) is 4.90 Å². The number of nitrogens with zero attached hydrogens (tertiary/aromatic N) is 1. The number of halogens is 1. The van der Waals surface area contributed by atoms with Gasteiger partial charge in [0.1, 0.15) is 0 Å². The van der Waals surface area contributed by atoms with E-state index in [-0.39, 0.29) is 6.10 Å². The maximum Gasteiger partial charge on any atom is 0.0813 e. The first-order valence-electron chi connectivity index (χ1n) is 6.68. The van der Waals surface area contributed by atoms with Crippen molar-refractivity contribution in [1.29, 1.82) is 0 Å². The zero-order valence-corrected chi connectivity index (χ0v) is 12.8. The molecular weight excluding hydrogens is 290 g/mol. The summed E-state index contributed by atoms with van der Waals surface area (Å²) in [6.45, 7) is 6.72. The molecular formula is C15H22BrNO. The quantitative estimate of drug-likeness (QED) is 0.915. The highest BCUT2D eigenvalue weighted by molar-refractivity contribution is 9.10. The Morgan fingerprint density at radius 2 is 2.11 bits per heavy atom. The predicted octanol–water partition coefficient (Wildman–Crippen LogP) is 3.75. The SMILES string of the molecule is CC1(C)CCCN1CCC(O)c1ccccc1Br. The summed E-state index contributed by atoms with van der Waals surface area (Å²) in [6, 6.07) is 7.93. The van der Waals surface area contributed by atoms with Gasteiger partial charge in [-0.1, -0.05) is 34.1 Å². The molecule has 1 aromatic carbocycles. The van der Waals surface area contributed by atoms with Crippen LogP contribution in [0.25, 0.3) is 0 Å². The van der Waals surface area contributed by atoms with Crippen LogP contribution in [0.2, 0.25) is 0 Å². The molecule has 2 nitrogen and oxygen atoms in total. The number of rotatable bonds is 4. The van der Waals surface area contributed by atoms with E-state index in [1.165, 1.54) is 12.8 Å². The Morgan fingerprint density at radius 3 is 2.72 bits per heavy atom. The molecule has 1 aliphatic heterocycles. The highest BCUT2D eigenvalue weighted by Crippen LogP contribution is 2.30. The molecule has 0 aliphatic carbocycles. The minimum Gasteiger partial charge on any atom is -0.388 e. The van der Waals surface area contributed by atoms with Gasteiger partial charge in [0.05, 0.1) is 6.10 Å². The van der Waals surface area contributed by atoms with Gasteiger partial charge in [0, 0.05) is 16.6 Å². The van der Waals surface area contributed by atoms with E-state index >= 15 is 0 Å². The van der Waals surface area contributed by atoms with Gasteiger partial charge >= 0.3 is 0 Å². The second kappa shape index (κ2) is 5.72. The summed E-state index contributed by atoms with van der Waals surface area (Å²) in [5.41, 5.74) is 1.29. The van der Waals surface area contributed by atoms with E-state index in [0.717, 1.165) is 29.5 Å². The maximum absolute atomic E-state index is 10.3. The molecule has 0 saturated carbocycles. The van der Waals surface area contributed by atoms with Gasteiger partial charge in [0.2, 0.25) is 0 Å². The fourth-order valence-corrected chi connectivity index (χ4v) is 3.31. The monoisotopic (exact) mass is 311 g/mol. The van der Waals surface area contributed by atoms with Crippen molar-refractivity contribution >= 4 is 15.9 Å². The van der Waals surface area contributed by atoms with Crippen LogP contribution in [0.1, 0.15) is 44.8 Å². The molecule has 1 atom stereocenters. The molecule has 1 heterocycles. The van der Waals surface area contributed by atoms with E-state index in [1.54, 1.807) is 0 Å². The second-order valence-corrected chi connectivity index (χ2v) is 6.58. The Morgan fingerprint density at radius 1 is 1.39 bits per heavy atom. The lowest BCUT2D eigenvalue weighted by Gasteiger charge is -2.32. The lowest BCUT2D eigenvalue weighted by Crippen LogP contribution is -2.39. The Hall–Kier alpha value is -0.380. The van der Waals surface area contributed by atoms with Crippen LogP contribution in [0.5, 0.6) is 0 Å². The molecule has 0 aromatic heterocycles. The largest absolute Gasteiger partial charge is 0.388 e. The van der Waals surface area contributed by atoms with Gasteiger partial charge in [-0.25, -0.2) is 0 Å². The highest BCUT2D eigenvalue weighted by atomic mass is 79.9. The lowest BCUT2D eigenvalue weighted by atomic mass is 10.0. The van der Waals surface area contributed by atoms with Crippen molar-refractivity contribution in [1.82, 2.24) is 4.90 Å². The number of benzene rings is 1. The predicted molar refractivity (Wildman–Crippen MR) is 78.6 cm³/mol. The molecule has 0 radical (unpaired) electrons. The topological polar surface area (TPSA) is 23.5 Å². The Bertz CT molecular complexity index is 405. The number of hydrogen-bond acceptors (Lipinski definition) is 2. The summed E-state index contributed by atoms with van der Waals surface area (Å²) in [4.78, 5) is 2.49. The molecule has 0 bridgehead atoms. The van der Waals surface area contributed by atoms with Gasteiger partial charge in [0.15, 0.2) is 0 Å². The smallest absolute Gasteiger partial charge is 0.0813 e. The van der Waals surface area contributed by atoms with Crippen LogP contribution in [-0.4, -0.2) is 28.6 Å². The molecule has 0 spiro atoms. The summed E-state index contributed by atoms with van der Waals surface area (Å²) in [5, 5.41) is 10.3. The summed E-state index contributed by atoms with van der Waals surface area (Å²) in [6.07, 6.45) is 2.96. The Kier molecular flexibility index (Phi) is 4.46. The van der Waals surface area contributed by atoms with E-state index in [0.29, 0.717) is 5.54 Å². The van der Waals surface area contributed by atoms with Gasteiger partial charge < -0.3 is 5.11 Å². The first-order valence-corrected chi connectivity index (χ1v) is 7.47. The van der Waals surface area contributed by atoms with Gasteiger partial charge in [-0.2, -0.15) is 0 Å². The lowest BCUT2D eigenvalue weighted by molar-refractivity contribution is 0.114. The molecule has 100 valence electrons. The van der Waals surface area contributed by atoms with Gasteiger partial charge in [-0.15, -0.1) is 0 Å². The normalized spacial score (nSPS) is 21.1. The first-order chi connectivity index (χ1) is 8.50. The van der Waals surface area contributed by atoms with Crippen LogP contribution >= 0.6 is 15.9 Å². The van der Waals surface area contributed by atoms with Crippen molar-refractivity contribution in [2.45, 2.75) is 44.8 Å². The number of aliphatic hydroxyl groups is 1. The Balaban J connectivity index is 1.93. The highest BCUT2D eigenvalue weighted by Gasteiger charge is 2.31. The molecule has 2 rings (SSSR count). The van der Waals surface area contributed by atoms with Crippen LogP contribution in [0.15, 0.2) is 28.7 Å². The van der Waals surface area contributed by atoms with Crippen LogP contribution in [-0.2, 0) is 0 Å². The van der Waals surface area contributed by atoms with Crippen LogP contribution in [0, 0.1) is 0 Å². The average molecular weight is 312 g/mol. The van der Waals surface area contributed by atoms with E-state index in [2.05, 4.69) is 34.7 Å². The molecule has 1 aliphatic rings. The zero-order valence-electron chi connectivity index (χ0n) is 11.2. The van der Waals surface area contributed by atoms with Crippen molar-refractivity contribution in [3.63, 3.8) is 0 Å². The molecule has 1 saturated heterocycles. The number of aliphatic hydroxyl groups excluding tert-OH is 1. The van der Waals surface area contributed by atoms with Crippen molar-refractivity contribution in [3.8, 4) is 0 Å². The average Bonchev–Trinajstić information content (AvgIpc) is 2.66. The summed E-state index contributed by atoms with van der Waals surface area (Å²) < 4.78 is 0.998. The second-order valence-electron chi connectivity index (χ2n) is 5.73. The standard InChI is InChI=1S/C15H22BrNO/c1-15(2)9-5-10-17(15)11-8-14(18)12-6-3-4-7-13(12)16/h3-4,6-7,14,18H,5,8-11H2,1-2H3. The van der Waals surface area contributed by atoms with Crippen LogP contribution in [0.4, 0.5) is 0 Å². The number of hydrogen-bond donors (Lipinski definition) is 1. The third kappa shape index (κ3) is 3.14. The van der Waals surface area contributed by atoms with Crippen LogP contribution in [0.3, 0.4) is 0 Å². The third-order valence-electron chi connectivity index (χ3n) is 4.01. The van der Waals surface area contributed by atoms with Gasteiger partial charge in [0.25, 0.3) is 0 Å². The van der Waals surface area contributed by atoms with Crippen LogP contribution < -0.4 is 0 Å². The molecule has 0 amide bonds. The van der Waals surface area contributed by atoms with Crippen molar-refractivity contribution in [2.24, 2.45) is 0 Å². The number of likely N-dealkylation sites (tertiary alicyclic amines) is 1. The van der Waals surface area contributed by atoms with E-state index in [1.807, 2.05) is 24.3 Å². The summed E-state index contributed by atoms with van der Waals surface area (Å²) in [5.74, 6) is 0.